The van der Waals surface area contributed by atoms with Crippen LogP contribution < -0.4 is 0 Å². The van der Waals surface area contributed by atoms with E-state index in [0.717, 1.165) is 24.1 Å². The van der Waals surface area contributed by atoms with E-state index in [4.69, 9.17) is 5.11 Å². The van der Waals surface area contributed by atoms with E-state index in [0.29, 0.717) is 24.6 Å². The Morgan fingerprint density at radius 2 is 1.89 bits per heavy atom. The van der Waals surface area contributed by atoms with E-state index in [1.54, 1.807) is 31.2 Å². The molecular formula is C19H24N4O4S. The number of aromatic carboxylic acids is 1. The summed E-state index contributed by atoms with van der Waals surface area (Å²) < 4.78 is 27.7. The van der Waals surface area contributed by atoms with E-state index in [1.807, 2.05) is 6.07 Å². The number of hydrogen-bond acceptors (Lipinski definition) is 5. The summed E-state index contributed by atoms with van der Waals surface area (Å²) in [6.45, 7) is 2.69. The molecule has 3 rings (SSSR count). The second-order valence-corrected chi connectivity index (χ2v) is 9.24. The molecule has 150 valence electrons. The highest BCUT2D eigenvalue weighted by molar-refractivity contribution is 7.86. The van der Waals surface area contributed by atoms with Crippen LogP contribution in [-0.4, -0.2) is 65.3 Å². The van der Waals surface area contributed by atoms with Gasteiger partial charge in [-0.25, -0.2) is 14.8 Å². The van der Waals surface area contributed by atoms with Crippen LogP contribution in [0.5, 0.6) is 0 Å². The first-order valence-electron chi connectivity index (χ1n) is 9.05. The molecule has 2 heterocycles. The fraction of sp³-hybridized carbons (Fsp3) is 0.421. The Labute approximate surface area is 165 Å². The lowest BCUT2D eigenvalue weighted by atomic mass is 9.94. The van der Waals surface area contributed by atoms with Crippen molar-refractivity contribution < 1.29 is 18.3 Å². The number of piperidine rings is 1. The van der Waals surface area contributed by atoms with Gasteiger partial charge in [-0.2, -0.15) is 17.0 Å². The molecule has 0 unspecified atom stereocenters. The summed E-state index contributed by atoms with van der Waals surface area (Å²) in [5, 5.41) is 9.05. The maximum atomic E-state index is 12.5. The van der Waals surface area contributed by atoms with E-state index in [-0.39, 0.29) is 11.5 Å². The maximum absolute atomic E-state index is 12.5. The molecule has 1 aromatic carbocycles. The number of rotatable bonds is 5. The van der Waals surface area contributed by atoms with E-state index in [2.05, 4.69) is 9.97 Å². The van der Waals surface area contributed by atoms with Gasteiger partial charge in [-0.15, -0.1) is 0 Å². The van der Waals surface area contributed by atoms with Gasteiger partial charge in [0.05, 0.1) is 11.3 Å². The van der Waals surface area contributed by atoms with E-state index < -0.39 is 16.2 Å². The number of aryl methyl sites for hydroxylation is 1. The lowest BCUT2D eigenvalue weighted by Crippen LogP contribution is -2.45. The zero-order valence-corrected chi connectivity index (χ0v) is 17.0. The topological polar surface area (TPSA) is 104 Å². The van der Waals surface area contributed by atoms with Gasteiger partial charge in [-0.1, -0.05) is 12.1 Å². The van der Waals surface area contributed by atoms with Crippen molar-refractivity contribution in [3.05, 3.63) is 47.4 Å². The second kappa shape index (κ2) is 7.94. The Bertz CT molecular complexity index is 974. The van der Waals surface area contributed by atoms with Gasteiger partial charge in [0.15, 0.2) is 0 Å². The zero-order valence-electron chi connectivity index (χ0n) is 16.2. The molecule has 1 fully saturated rings. The molecule has 0 bridgehead atoms. The van der Waals surface area contributed by atoms with Gasteiger partial charge in [-0.3, -0.25) is 0 Å². The Morgan fingerprint density at radius 3 is 2.50 bits per heavy atom. The van der Waals surface area contributed by atoms with Crippen molar-refractivity contribution >= 4 is 16.2 Å². The van der Waals surface area contributed by atoms with Crippen molar-refractivity contribution in [2.45, 2.75) is 25.7 Å². The van der Waals surface area contributed by atoms with Crippen LogP contribution in [0, 0.1) is 6.92 Å². The van der Waals surface area contributed by atoms with Crippen molar-refractivity contribution in [2.75, 3.05) is 27.2 Å². The van der Waals surface area contributed by atoms with Crippen molar-refractivity contribution in [2.24, 2.45) is 0 Å². The third-order valence-corrected chi connectivity index (χ3v) is 6.78. The number of nitrogens with zero attached hydrogens (tertiary/aromatic N) is 4. The smallest absolute Gasteiger partial charge is 0.335 e. The largest absolute Gasteiger partial charge is 0.478 e. The summed E-state index contributed by atoms with van der Waals surface area (Å²) in [6, 6.07) is 8.40. The molecule has 28 heavy (non-hydrogen) atoms. The minimum atomic E-state index is -3.46. The van der Waals surface area contributed by atoms with Crippen molar-refractivity contribution in [3.8, 4) is 11.3 Å². The molecule has 8 nitrogen and oxygen atoms in total. The maximum Gasteiger partial charge on any atom is 0.335 e. The molecule has 0 saturated carbocycles. The standard InChI is InChI=1S/C19H24N4O4S/c1-13-20-17(14-6-8-15(9-7-14)19(24)25)11-18(21-13)16-5-4-10-23(12-16)28(26,27)22(2)3/h6-9,11,16H,4-5,10,12H2,1-3H3,(H,24,25)/t16-/m0/s1. The van der Waals surface area contributed by atoms with Crippen molar-refractivity contribution in [1.82, 2.24) is 18.6 Å². The molecule has 1 aromatic heterocycles. The van der Waals surface area contributed by atoms with Gasteiger partial charge in [0.25, 0.3) is 10.2 Å². The lowest BCUT2D eigenvalue weighted by molar-refractivity contribution is 0.0697. The molecule has 2 aromatic rings. The zero-order chi connectivity index (χ0) is 20.5. The van der Waals surface area contributed by atoms with Crippen LogP contribution in [0.4, 0.5) is 0 Å². The normalized spacial score (nSPS) is 18.4. The monoisotopic (exact) mass is 404 g/mol. The fourth-order valence-corrected chi connectivity index (χ4v) is 4.55. The minimum absolute atomic E-state index is 0.0118. The molecule has 1 aliphatic rings. The number of carbonyl (C=O) groups is 1. The van der Waals surface area contributed by atoms with Gasteiger partial charge in [0.1, 0.15) is 5.82 Å². The number of hydrogen-bond donors (Lipinski definition) is 1. The Morgan fingerprint density at radius 1 is 1.21 bits per heavy atom. The van der Waals surface area contributed by atoms with Gasteiger partial charge in [0, 0.05) is 44.4 Å². The number of aromatic nitrogens is 2. The van der Waals surface area contributed by atoms with Gasteiger partial charge in [0.2, 0.25) is 0 Å². The fourth-order valence-electron chi connectivity index (χ4n) is 3.36. The van der Waals surface area contributed by atoms with Gasteiger partial charge < -0.3 is 5.11 Å². The summed E-state index contributed by atoms with van der Waals surface area (Å²) in [4.78, 5) is 20.1. The number of benzene rings is 1. The van der Waals surface area contributed by atoms with Crippen molar-refractivity contribution in [1.29, 1.82) is 0 Å². The molecule has 0 amide bonds. The Kier molecular flexibility index (Phi) is 5.78. The summed E-state index contributed by atoms with van der Waals surface area (Å²) >= 11 is 0. The molecule has 1 saturated heterocycles. The molecule has 1 aliphatic heterocycles. The molecule has 0 spiro atoms. The first-order chi connectivity index (χ1) is 13.2. The third-order valence-electron chi connectivity index (χ3n) is 4.88. The first-order valence-corrected chi connectivity index (χ1v) is 10.4. The summed E-state index contributed by atoms with van der Waals surface area (Å²) in [6.07, 6.45) is 1.62. The average Bonchev–Trinajstić information content (AvgIpc) is 2.67. The van der Waals surface area contributed by atoms with Crippen LogP contribution in [0.25, 0.3) is 11.3 Å². The quantitative estimate of drug-likeness (QED) is 0.819. The average molecular weight is 404 g/mol. The summed E-state index contributed by atoms with van der Waals surface area (Å²) in [7, 11) is -0.390. The van der Waals surface area contributed by atoms with E-state index in [1.165, 1.54) is 22.7 Å². The van der Waals surface area contributed by atoms with Crippen LogP contribution >= 0.6 is 0 Å². The van der Waals surface area contributed by atoms with E-state index in [9.17, 15) is 13.2 Å². The number of carboxylic acids is 1. The van der Waals surface area contributed by atoms with Crippen LogP contribution in [0.1, 0.15) is 40.6 Å². The number of carboxylic acid groups (broad SMARTS) is 1. The van der Waals surface area contributed by atoms with Gasteiger partial charge >= 0.3 is 5.97 Å². The lowest BCUT2D eigenvalue weighted by Gasteiger charge is -2.33. The third kappa shape index (κ3) is 4.21. The first kappa shape index (κ1) is 20.4. The summed E-state index contributed by atoms with van der Waals surface area (Å²) in [5.41, 5.74) is 2.52. The van der Waals surface area contributed by atoms with Crippen LogP contribution in [0.3, 0.4) is 0 Å². The summed E-state index contributed by atoms with van der Waals surface area (Å²) in [5.74, 6) is -0.389. The highest BCUT2D eigenvalue weighted by Crippen LogP contribution is 2.30. The predicted molar refractivity (Wildman–Crippen MR) is 105 cm³/mol. The van der Waals surface area contributed by atoms with Crippen LogP contribution in [0.15, 0.2) is 30.3 Å². The SMILES string of the molecule is Cc1nc(-c2ccc(C(=O)O)cc2)cc([C@H]2CCCN(S(=O)(=O)N(C)C)C2)n1. The molecule has 0 radical (unpaired) electrons. The molecule has 1 atom stereocenters. The highest BCUT2D eigenvalue weighted by Gasteiger charge is 2.31. The van der Waals surface area contributed by atoms with Gasteiger partial charge in [-0.05, 0) is 38.0 Å². The van der Waals surface area contributed by atoms with Crippen molar-refractivity contribution in [3.63, 3.8) is 0 Å². The Balaban J connectivity index is 1.90. The minimum Gasteiger partial charge on any atom is -0.478 e. The van der Waals surface area contributed by atoms with Crippen LogP contribution in [-0.2, 0) is 10.2 Å². The molecule has 1 N–H and O–H groups in total. The predicted octanol–water partition coefficient (Wildman–Crippen LogP) is 2.14. The Hall–Kier alpha value is -2.36. The van der Waals surface area contributed by atoms with Crippen LogP contribution in [0.2, 0.25) is 0 Å². The molecule has 9 heteroatoms. The van der Waals surface area contributed by atoms with E-state index >= 15 is 0 Å². The molecule has 0 aliphatic carbocycles. The highest BCUT2D eigenvalue weighted by atomic mass is 32.2. The second-order valence-electron chi connectivity index (χ2n) is 7.10. The molecular weight excluding hydrogens is 380 g/mol.